The average molecular weight is 144 g/mol. The van der Waals surface area contributed by atoms with Crippen LogP contribution >= 0.6 is 0 Å². The van der Waals surface area contributed by atoms with Crippen LogP contribution in [0.1, 0.15) is 26.7 Å². The Kier molecular flexibility index (Phi) is 4.94. The summed E-state index contributed by atoms with van der Waals surface area (Å²) in [6.45, 7) is 4.37. The molecule has 0 unspecified atom stereocenters. The van der Waals surface area contributed by atoms with Crippen LogP contribution in [0.3, 0.4) is 0 Å². The quantitative estimate of drug-likeness (QED) is 0.594. The van der Waals surface area contributed by atoms with E-state index >= 15 is 0 Å². The van der Waals surface area contributed by atoms with Crippen LogP contribution in [0, 0.1) is 0 Å². The molecule has 0 saturated carbocycles. The zero-order chi connectivity index (χ0) is 7.98. The number of hydrogen-bond donors (Lipinski definition) is 2. The highest BCUT2D eigenvalue weighted by atomic mass is 16.1. The van der Waals surface area contributed by atoms with Gasteiger partial charge in [-0.3, -0.25) is 4.79 Å². The molecule has 0 saturated heterocycles. The maximum Gasteiger partial charge on any atom is 0.219 e. The maximum absolute atomic E-state index is 10.8. The first-order valence-electron chi connectivity index (χ1n) is 3.74. The van der Waals surface area contributed by atoms with E-state index in [0.29, 0.717) is 13.0 Å². The Morgan fingerprint density at radius 1 is 1.60 bits per heavy atom. The topological polar surface area (TPSA) is 55.1 Å². The fourth-order valence-electron chi connectivity index (χ4n) is 0.657. The number of nitrogens with two attached hydrogens (primary N) is 1. The average Bonchev–Trinajstić information content (AvgIpc) is 1.99. The molecule has 0 heterocycles. The van der Waals surface area contributed by atoms with Crippen molar-refractivity contribution >= 4 is 5.91 Å². The molecule has 3 nitrogen and oxygen atoms in total. The molecule has 0 radical (unpaired) electrons. The van der Waals surface area contributed by atoms with Crippen LogP contribution < -0.4 is 11.1 Å². The second-order valence-electron chi connectivity index (χ2n) is 2.26. The third kappa shape index (κ3) is 3.45. The summed E-state index contributed by atoms with van der Waals surface area (Å²) in [7, 11) is 0. The highest BCUT2D eigenvalue weighted by Crippen LogP contribution is 1.87. The van der Waals surface area contributed by atoms with Gasteiger partial charge in [-0.1, -0.05) is 13.8 Å². The number of carbonyl (C=O) groups excluding carboxylic acids is 1. The molecule has 0 aromatic heterocycles. The third-order valence-corrected chi connectivity index (χ3v) is 1.46. The number of carbonyl (C=O) groups is 1. The molecule has 0 aliphatic carbocycles. The zero-order valence-electron chi connectivity index (χ0n) is 6.68. The van der Waals surface area contributed by atoms with Crippen LogP contribution in [0.15, 0.2) is 0 Å². The van der Waals surface area contributed by atoms with E-state index < -0.39 is 0 Å². The lowest BCUT2D eigenvalue weighted by Crippen LogP contribution is -2.39. The van der Waals surface area contributed by atoms with E-state index in [2.05, 4.69) is 5.32 Å². The molecule has 0 spiro atoms. The predicted octanol–water partition coefficient (Wildman–Crippen LogP) is 0.250. The van der Waals surface area contributed by atoms with Crippen molar-refractivity contribution in [3.05, 3.63) is 0 Å². The highest BCUT2D eigenvalue weighted by Gasteiger charge is 2.04. The van der Waals surface area contributed by atoms with Crippen molar-refractivity contribution < 1.29 is 4.79 Å². The Bertz CT molecular complexity index is 99.8. The molecular formula is C7H16N2O. The Morgan fingerprint density at radius 2 is 2.20 bits per heavy atom. The lowest BCUT2D eigenvalue weighted by molar-refractivity contribution is -0.121. The van der Waals surface area contributed by atoms with Crippen molar-refractivity contribution in [3.8, 4) is 0 Å². The van der Waals surface area contributed by atoms with Gasteiger partial charge in [0.15, 0.2) is 0 Å². The van der Waals surface area contributed by atoms with E-state index in [-0.39, 0.29) is 11.9 Å². The summed E-state index contributed by atoms with van der Waals surface area (Å²) in [5, 5.41) is 2.80. The second kappa shape index (κ2) is 5.23. The van der Waals surface area contributed by atoms with Crippen LogP contribution in [-0.4, -0.2) is 18.5 Å². The van der Waals surface area contributed by atoms with E-state index in [0.717, 1.165) is 6.42 Å². The molecule has 0 bridgehead atoms. The van der Waals surface area contributed by atoms with Crippen molar-refractivity contribution in [2.45, 2.75) is 32.7 Å². The SMILES string of the molecule is CCC(=O)N[C@@H](CC)CN. The minimum absolute atomic E-state index is 0.0808. The van der Waals surface area contributed by atoms with Gasteiger partial charge in [0.25, 0.3) is 0 Å². The largest absolute Gasteiger partial charge is 0.352 e. The summed E-state index contributed by atoms with van der Waals surface area (Å²) in [5.41, 5.74) is 5.37. The van der Waals surface area contributed by atoms with Crippen molar-refractivity contribution in [2.75, 3.05) is 6.54 Å². The number of rotatable bonds is 4. The first-order valence-corrected chi connectivity index (χ1v) is 3.74. The molecule has 0 aliphatic rings. The summed E-state index contributed by atoms with van der Waals surface area (Å²) >= 11 is 0. The fraction of sp³-hybridized carbons (Fsp3) is 0.857. The zero-order valence-corrected chi connectivity index (χ0v) is 6.68. The molecule has 1 amide bonds. The molecule has 0 rings (SSSR count). The standard InChI is InChI=1S/C7H16N2O/c1-3-6(5-8)9-7(10)4-2/h6H,3-5,8H2,1-2H3,(H,9,10)/t6-/m0/s1. The summed E-state index contributed by atoms with van der Waals surface area (Å²) in [4.78, 5) is 10.8. The fourth-order valence-corrected chi connectivity index (χ4v) is 0.657. The van der Waals surface area contributed by atoms with E-state index in [4.69, 9.17) is 5.73 Å². The smallest absolute Gasteiger partial charge is 0.219 e. The van der Waals surface area contributed by atoms with Gasteiger partial charge in [0.05, 0.1) is 0 Å². The van der Waals surface area contributed by atoms with Crippen LogP contribution in [-0.2, 0) is 4.79 Å². The number of nitrogens with one attached hydrogen (secondary N) is 1. The van der Waals surface area contributed by atoms with Gasteiger partial charge < -0.3 is 11.1 Å². The van der Waals surface area contributed by atoms with Crippen LogP contribution in [0.5, 0.6) is 0 Å². The van der Waals surface area contributed by atoms with Gasteiger partial charge in [-0.15, -0.1) is 0 Å². The van der Waals surface area contributed by atoms with Crippen LogP contribution in [0.25, 0.3) is 0 Å². The first kappa shape index (κ1) is 9.43. The minimum Gasteiger partial charge on any atom is -0.352 e. The van der Waals surface area contributed by atoms with E-state index in [1.165, 1.54) is 0 Å². The summed E-state index contributed by atoms with van der Waals surface area (Å²) in [6, 6.07) is 0.160. The van der Waals surface area contributed by atoms with Crippen LogP contribution in [0.2, 0.25) is 0 Å². The third-order valence-electron chi connectivity index (χ3n) is 1.46. The molecule has 0 fully saturated rings. The lowest BCUT2D eigenvalue weighted by Gasteiger charge is -2.12. The number of amides is 1. The van der Waals surface area contributed by atoms with Crippen molar-refractivity contribution in [2.24, 2.45) is 5.73 Å². The molecule has 1 atom stereocenters. The molecule has 3 heteroatoms. The molecule has 0 aliphatic heterocycles. The van der Waals surface area contributed by atoms with Gasteiger partial charge in [-0.05, 0) is 6.42 Å². The Morgan fingerprint density at radius 3 is 2.50 bits per heavy atom. The molecule has 0 aromatic carbocycles. The predicted molar refractivity (Wildman–Crippen MR) is 41.6 cm³/mol. The molecule has 3 N–H and O–H groups in total. The molecule has 60 valence electrons. The summed E-state index contributed by atoms with van der Waals surface area (Å²) in [5.74, 6) is 0.0808. The molecule has 0 aromatic rings. The Labute approximate surface area is 62.0 Å². The minimum atomic E-state index is 0.0808. The summed E-state index contributed by atoms with van der Waals surface area (Å²) < 4.78 is 0. The lowest BCUT2D eigenvalue weighted by atomic mass is 10.2. The van der Waals surface area contributed by atoms with Gasteiger partial charge in [0.1, 0.15) is 0 Å². The van der Waals surface area contributed by atoms with Crippen molar-refractivity contribution in [3.63, 3.8) is 0 Å². The van der Waals surface area contributed by atoms with Gasteiger partial charge in [0.2, 0.25) is 5.91 Å². The molecule has 10 heavy (non-hydrogen) atoms. The van der Waals surface area contributed by atoms with Gasteiger partial charge in [-0.25, -0.2) is 0 Å². The Balaban J connectivity index is 3.52. The molecular weight excluding hydrogens is 128 g/mol. The van der Waals surface area contributed by atoms with E-state index in [1.54, 1.807) is 0 Å². The normalized spacial score (nSPS) is 12.7. The van der Waals surface area contributed by atoms with Crippen LogP contribution in [0.4, 0.5) is 0 Å². The first-order chi connectivity index (χ1) is 4.74. The summed E-state index contributed by atoms with van der Waals surface area (Å²) in [6.07, 6.45) is 1.44. The Hall–Kier alpha value is -0.570. The highest BCUT2D eigenvalue weighted by molar-refractivity contribution is 5.75. The van der Waals surface area contributed by atoms with Gasteiger partial charge >= 0.3 is 0 Å². The maximum atomic E-state index is 10.8. The monoisotopic (exact) mass is 144 g/mol. The second-order valence-corrected chi connectivity index (χ2v) is 2.26. The van der Waals surface area contributed by atoms with Gasteiger partial charge in [-0.2, -0.15) is 0 Å². The van der Waals surface area contributed by atoms with Gasteiger partial charge in [0, 0.05) is 19.0 Å². The number of hydrogen-bond acceptors (Lipinski definition) is 2. The van der Waals surface area contributed by atoms with E-state index in [9.17, 15) is 4.79 Å². The van der Waals surface area contributed by atoms with Crippen molar-refractivity contribution in [1.29, 1.82) is 0 Å². The van der Waals surface area contributed by atoms with Crippen molar-refractivity contribution in [1.82, 2.24) is 5.32 Å². The van der Waals surface area contributed by atoms with E-state index in [1.807, 2.05) is 13.8 Å².